The lowest BCUT2D eigenvalue weighted by atomic mass is 10.0. The molecule has 9 heteroatoms. The second-order valence-electron chi connectivity index (χ2n) is 17.5. The maximum Gasteiger partial charge on any atom is 0.472 e. The largest absolute Gasteiger partial charge is 0.472 e. The van der Waals surface area contributed by atoms with Crippen molar-refractivity contribution in [3.05, 3.63) is 36.5 Å². The number of phosphoric ester groups is 1. The number of unbranched alkanes of at least 4 members (excludes halogenated alkanes) is 26. The van der Waals surface area contributed by atoms with Gasteiger partial charge in [0.2, 0.25) is 5.91 Å². The van der Waals surface area contributed by atoms with Gasteiger partial charge in [0.15, 0.2) is 0 Å². The summed E-state index contributed by atoms with van der Waals surface area (Å²) in [6, 6.07) is -0.863. The molecule has 3 atom stereocenters. The first kappa shape index (κ1) is 55.7. The van der Waals surface area contributed by atoms with Crippen LogP contribution in [0.25, 0.3) is 0 Å². The molecule has 0 saturated carbocycles. The van der Waals surface area contributed by atoms with Gasteiger partial charge < -0.3 is 19.8 Å². The number of carbonyl (C=O) groups excluding carboxylic acids is 1. The SMILES string of the molecule is CCCCCCCCCCCCCCCCCCCCCCC/C=C/CC/C=C/CC/C=C/C(O)C(COP(=O)(O)OCC[N+](C)(C)C)NC(=O)CCCCCC. The molecule has 0 aromatic rings. The monoisotopic (exact) mass is 826 g/mol. The van der Waals surface area contributed by atoms with Crippen LogP contribution in [0, 0.1) is 0 Å². The molecule has 0 aromatic carbocycles. The zero-order valence-electron chi connectivity index (χ0n) is 38.1. The third-order valence-corrected chi connectivity index (χ3v) is 11.6. The van der Waals surface area contributed by atoms with Crippen molar-refractivity contribution in [2.45, 2.75) is 225 Å². The zero-order chi connectivity index (χ0) is 42.1. The van der Waals surface area contributed by atoms with Crippen LogP contribution in [-0.2, 0) is 18.4 Å². The summed E-state index contributed by atoms with van der Waals surface area (Å²) in [6.45, 7) is 4.66. The first-order valence-electron chi connectivity index (χ1n) is 23.9. The Labute approximate surface area is 353 Å². The van der Waals surface area contributed by atoms with E-state index >= 15 is 0 Å². The Bertz CT molecular complexity index is 1030. The first-order chi connectivity index (χ1) is 27.5. The number of amides is 1. The lowest BCUT2D eigenvalue weighted by Gasteiger charge is -2.25. The molecule has 8 nitrogen and oxygen atoms in total. The molecule has 0 aromatic heterocycles. The summed E-state index contributed by atoms with van der Waals surface area (Å²) in [5.74, 6) is -0.209. The number of hydrogen-bond acceptors (Lipinski definition) is 5. The summed E-state index contributed by atoms with van der Waals surface area (Å²) in [7, 11) is 1.54. The minimum absolute atomic E-state index is 0.0533. The first-order valence-corrected chi connectivity index (χ1v) is 25.4. The standard InChI is InChI=1S/C48H93N2O6P/c1-6-8-10-12-13-14-15-16-17-18-19-20-21-22-23-24-25-26-27-28-29-30-31-32-33-34-35-36-37-38-39-41-47(51)46(49-48(52)42-40-11-9-7-2)45-56-57(53,54)55-44-43-50(3,4)5/h31-32,35-36,39,41,46-47,51H,6-30,33-34,37-38,40,42-45H2,1-5H3,(H-,49,52,53,54)/p+1/b32-31+,36-35+,41-39+. The van der Waals surface area contributed by atoms with Crippen molar-refractivity contribution in [2.24, 2.45) is 0 Å². The van der Waals surface area contributed by atoms with Crippen molar-refractivity contribution in [1.29, 1.82) is 0 Å². The fourth-order valence-corrected chi connectivity index (χ4v) is 7.51. The highest BCUT2D eigenvalue weighted by Gasteiger charge is 2.27. The van der Waals surface area contributed by atoms with E-state index in [9.17, 15) is 19.4 Å². The van der Waals surface area contributed by atoms with E-state index in [1.807, 2.05) is 27.2 Å². The van der Waals surface area contributed by atoms with Crippen molar-refractivity contribution in [2.75, 3.05) is 40.9 Å². The highest BCUT2D eigenvalue weighted by molar-refractivity contribution is 7.47. The molecule has 0 radical (unpaired) electrons. The van der Waals surface area contributed by atoms with Crippen molar-refractivity contribution in [1.82, 2.24) is 5.32 Å². The second-order valence-corrected chi connectivity index (χ2v) is 18.9. The van der Waals surface area contributed by atoms with E-state index in [2.05, 4.69) is 43.5 Å². The lowest BCUT2D eigenvalue weighted by molar-refractivity contribution is -0.870. The summed E-state index contributed by atoms with van der Waals surface area (Å²) in [6.07, 6.45) is 50.4. The van der Waals surface area contributed by atoms with Crippen molar-refractivity contribution < 1.29 is 32.9 Å². The fraction of sp³-hybridized carbons (Fsp3) is 0.854. The second kappa shape index (κ2) is 40.1. The molecule has 0 aliphatic heterocycles. The van der Waals surface area contributed by atoms with Crippen LogP contribution in [0.15, 0.2) is 36.5 Å². The molecule has 0 fully saturated rings. The Kier molecular flexibility index (Phi) is 39.2. The lowest BCUT2D eigenvalue weighted by Crippen LogP contribution is -2.45. The van der Waals surface area contributed by atoms with Crippen LogP contribution in [0.1, 0.15) is 213 Å². The quantitative estimate of drug-likeness (QED) is 0.0245. The molecular weight excluding hydrogens is 732 g/mol. The Morgan fingerprint density at radius 1 is 0.579 bits per heavy atom. The average molecular weight is 826 g/mol. The van der Waals surface area contributed by atoms with Gasteiger partial charge in [0.1, 0.15) is 13.2 Å². The number of aliphatic hydroxyl groups is 1. The Hall–Kier alpha value is -1.28. The van der Waals surface area contributed by atoms with Crippen LogP contribution in [0.4, 0.5) is 0 Å². The number of likely N-dealkylation sites (N-methyl/N-ethyl adjacent to an activating group) is 1. The number of nitrogens with one attached hydrogen (secondary N) is 1. The summed E-state index contributed by atoms with van der Waals surface area (Å²) in [5.41, 5.74) is 0. The molecule has 0 rings (SSSR count). The minimum Gasteiger partial charge on any atom is -0.387 e. The molecule has 0 bridgehead atoms. The molecular formula is C48H94N2O6P+. The molecule has 1 amide bonds. The van der Waals surface area contributed by atoms with Crippen molar-refractivity contribution >= 4 is 13.7 Å². The number of carbonyl (C=O) groups is 1. The highest BCUT2D eigenvalue weighted by Crippen LogP contribution is 2.43. The Morgan fingerprint density at radius 3 is 1.40 bits per heavy atom. The topological polar surface area (TPSA) is 105 Å². The molecule has 0 saturated heterocycles. The van der Waals surface area contributed by atoms with Gasteiger partial charge in [0, 0.05) is 6.42 Å². The van der Waals surface area contributed by atoms with E-state index < -0.39 is 20.0 Å². The van der Waals surface area contributed by atoms with E-state index in [0.717, 1.165) is 51.4 Å². The molecule has 3 unspecified atom stereocenters. The predicted molar refractivity (Wildman–Crippen MR) is 244 cm³/mol. The summed E-state index contributed by atoms with van der Waals surface area (Å²) in [4.78, 5) is 22.7. The van der Waals surface area contributed by atoms with Crippen molar-refractivity contribution in [3.8, 4) is 0 Å². The molecule has 336 valence electrons. The minimum atomic E-state index is -4.33. The van der Waals surface area contributed by atoms with E-state index in [1.54, 1.807) is 6.08 Å². The van der Waals surface area contributed by atoms with Crippen LogP contribution >= 0.6 is 7.82 Å². The summed E-state index contributed by atoms with van der Waals surface area (Å²) in [5, 5.41) is 13.6. The van der Waals surface area contributed by atoms with Crippen LogP contribution in [-0.4, -0.2) is 73.4 Å². The fourth-order valence-electron chi connectivity index (χ4n) is 6.78. The van der Waals surface area contributed by atoms with Crippen LogP contribution < -0.4 is 5.32 Å². The number of hydrogen-bond donors (Lipinski definition) is 3. The maximum absolute atomic E-state index is 12.6. The normalized spacial score (nSPS) is 14.6. The van der Waals surface area contributed by atoms with Gasteiger partial charge in [-0.2, -0.15) is 0 Å². The third kappa shape index (κ3) is 42.6. The van der Waals surface area contributed by atoms with Crippen LogP contribution in [0.5, 0.6) is 0 Å². The summed E-state index contributed by atoms with van der Waals surface area (Å²) >= 11 is 0. The highest BCUT2D eigenvalue weighted by atomic mass is 31.2. The number of quaternary nitrogens is 1. The van der Waals surface area contributed by atoms with Gasteiger partial charge in [0.05, 0.1) is 39.9 Å². The molecule has 0 aliphatic carbocycles. The molecule has 0 spiro atoms. The molecule has 3 N–H and O–H groups in total. The van der Waals surface area contributed by atoms with Gasteiger partial charge in [-0.25, -0.2) is 4.57 Å². The maximum atomic E-state index is 12.6. The average Bonchev–Trinajstić information content (AvgIpc) is 3.16. The van der Waals surface area contributed by atoms with Gasteiger partial charge in [-0.1, -0.05) is 198 Å². The number of nitrogens with zero attached hydrogens (tertiary/aromatic N) is 1. The van der Waals surface area contributed by atoms with Gasteiger partial charge in [-0.05, 0) is 44.9 Å². The number of rotatable bonds is 43. The smallest absolute Gasteiger partial charge is 0.387 e. The van der Waals surface area contributed by atoms with E-state index in [4.69, 9.17) is 9.05 Å². The molecule has 0 heterocycles. The van der Waals surface area contributed by atoms with E-state index in [1.165, 1.54) is 141 Å². The van der Waals surface area contributed by atoms with Crippen LogP contribution in [0.3, 0.4) is 0 Å². The van der Waals surface area contributed by atoms with Gasteiger partial charge >= 0.3 is 7.82 Å². The Morgan fingerprint density at radius 2 is 0.965 bits per heavy atom. The third-order valence-electron chi connectivity index (χ3n) is 10.6. The van der Waals surface area contributed by atoms with Gasteiger partial charge in [0.25, 0.3) is 0 Å². The molecule has 57 heavy (non-hydrogen) atoms. The zero-order valence-corrected chi connectivity index (χ0v) is 39.0. The predicted octanol–water partition coefficient (Wildman–Crippen LogP) is 13.5. The number of allylic oxidation sites excluding steroid dienone is 5. The van der Waals surface area contributed by atoms with Crippen LogP contribution in [0.2, 0.25) is 0 Å². The molecule has 0 aliphatic rings. The van der Waals surface area contributed by atoms with E-state index in [-0.39, 0.29) is 19.1 Å². The number of aliphatic hydroxyl groups excluding tert-OH is 1. The van der Waals surface area contributed by atoms with Gasteiger partial charge in [-0.15, -0.1) is 0 Å². The summed E-state index contributed by atoms with van der Waals surface area (Å²) < 4.78 is 23.3. The van der Waals surface area contributed by atoms with Gasteiger partial charge in [-0.3, -0.25) is 13.8 Å². The van der Waals surface area contributed by atoms with Crippen molar-refractivity contribution in [3.63, 3.8) is 0 Å². The Balaban J connectivity index is 3.97. The van der Waals surface area contributed by atoms with E-state index in [0.29, 0.717) is 17.4 Å². The number of phosphoric acid groups is 1.